The Balaban J connectivity index is 0.000000221. The summed E-state index contributed by atoms with van der Waals surface area (Å²) in [5, 5.41) is 34.6. The molecule has 2 aliphatic rings. The molecule has 0 bridgehead atoms. The zero-order valence-corrected chi connectivity index (χ0v) is 50.5. The van der Waals surface area contributed by atoms with E-state index in [-0.39, 0.29) is 63.2 Å². The van der Waals surface area contributed by atoms with E-state index in [2.05, 4.69) is 34.7 Å². The Hall–Kier alpha value is -7.15. The number of benzene rings is 2. The van der Waals surface area contributed by atoms with Crippen LogP contribution in [0.25, 0.3) is 44.8 Å². The second-order valence-corrected chi connectivity index (χ2v) is 24.6. The van der Waals surface area contributed by atoms with Crippen molar-refractivity contribution in [2.24, 2.45) is 14.1 Å². The summed E-state index contributed by atoms with van der Waals surface area (Å²) in [6.07, 6.45) is 1.13. The number of carboxylic acid groups (broad SMARTS) is 2. The third-order valence-corrected chi connectivity index (χ3v) is 18.2. The Labute approximate surface area is 481 Å². The lowest BCUT2D eigenvalue weighted by atomic mass is 10.1. The fourth-order valence-electron chi connectivity index (χ4n) is 9.94. The molecule has 83 heavy (non-hydrogen) atoms. The molecule has 0 spiro atoms. The molecule has 6 heterocycles. The molecule has 29 heteroatoms. The number of hydrogen-bond acceptors (Lipinski definition) is 19. The number of piperazine rings is 2. The SMILES string of the molecule is CCCc1nn(C)c2c(=O)[nH]c(-c3cc(S(=O)(=O)N4C[C@@H](C)N(C)[C@@H](C)C4)ccc3OCC)nc12.CCCc1nn(C)c2c(=O)[nH]c(-c3cc(S(=O)(=O)N4C[C@@H](C)N(C)[C@@H](C)C4)ccc3OCC)nc12.O=COC(O)(CC(=O)O)CC(=O)O. The summed E-state index contributed by atoms with van der Waals surface area (Å²) in [4.78, 5) is 75.8. The van der Waals surface area contributed by atoms with Crippen LogP contribution in [0.4, 0.5) is 0 Å². The minimum Gasteiger partial charge on any atom is -0.493 e. The number of rotatable bonds is 20. The van der Waals surface area contributed by atoms with Gasteiger partial charge >= 0.3 is 11.9 Å². The monoisotopic (exact) mass is 1200 g/mol. The van der Waals surface area contributed by atoms with Crippen molar-refractivity contribution in [1.29, 1.82) is 0 Å². The van der Waals surface area contributed by atoms with Gasteiger partial charge in [-0.2, -0.15) is 18.8 Å². The van der Waals surface area contributed by atoms with Crippen molar-refractivity contribution >= 4 is 60.5 Å². The van der Waals surface area contributed by atoms with Crippen LogP contribution in [0.3, 0.4) is 0 Å². The van der Waals surface area contributed by atoms with Crippen LogP contribution in [0, 0.1) is 0 Å². The van der Waals surface area contributed by atoms with Gasteiger partial charge in [0, 0.05) is 64.4 Å². The molecular weight excluding hydrogens is 1120 g/mol. The Morgan fingerprint density at radius 2 is 0.988 bits per heavy atom. The molecule has 0 saturated carbocycles. The second kappa shape index (κ2) is 27.0. The third kappa shape index (κ3) is 14.6. The molecule has 4 aromatic heterocycles. The van der Waals surface area contributed by atoms with E-state index in [0.29, 0.717) is 96.9 Å². The highest BCUT2D eigenvalue weighted by Crippen LogP contribution is 2.35. The number of nitrogens with one attached hydrogen (secondary N) is 2. The number of fused-ring (bicyclic) bond motifs is 2. The maximum atomic E-state index is 13.6. The number of aryl methyl sites for hydroxylation is 4. The van der Waals surface area contributed by atoms with Crippen LogP contribution in [-0.4, -0.2) is 192 Å². The summed E-state index contributed by atoms with van der Waals surface area (Å²) in [6.45, 7) is 18.0. The number of carbonyl (C=O) groups is 3. The normalized spacial score (nSPS) is 18.5. The summed E-state index contributed by atoms with van der Waals surface area (Å²) in [5.41, 5.74) is 3.47. The zero-order valence-electron chi connectivity index (χ0n) is 48.9. The van der Waals surface area contributed by atoms with Crippen molar-refractivity contribution < 1.29 is 60.7 Å². The smallest absolute Gasteiger partial charge is 0.310 e. The van der Waals surface area contributed by atoms with E-state index >= 15 is 0 Å². The highest BCUT2D eigenvalue weighted by atomic mass is 32.2. The minimum absolute atomic E-state index is 0.0960. The first kappa shape index (κ1) is 65.0. The van der Waals surface area contributed by atoms with E-state index in [4.69, 9.17) is 34.8 Å². The number of aromatic amines is 2. The Morgan fingerprint density at radius 1 is 0.639 bits per heavy atom. The molecule has 0 amide bonds. The van der Waals surface area contributed by atoms with E-state index in [0.717, 1.165) is 24.2 Å². The predicted octanol–water partition coefficient (Wildman–Crippen LogP) is 3.57. The Bertz CT molecular complexity index is 3420. The number of nitrogens with zero attached hydrogens (tertiary/aromatic N) is 10. The first-order valence-corrected chi connectivity index (χ1v) is 30.1. The van der Waals surface area contributed by atoms with Gasteiger partial charge in [-0.05, 0) is 105 Å². The molecule has 2 aromatic carbocycles. The number of H-pyrrole nitrogens is 2. The van der Waals surface area contributed by atoms with Crippen LogP contribution in [-0.2, 0) is 66.1 Å². The van der Waals surface area contributed by atoms with E-state index in [1.54, 1.807) is 50.5 Å². The fourth-order valence-corrected chi connectivity index (χ4v) is 13.2. The first-order valence-electron chi connectivity index (χ1n) is 27.2. The number of aliphatic carboxylic acids is 2. The predicted molar refractivity (Wildman–Crippen MR) is 307 cm³/mol. The maximum Gasteiger partial charge on any atom is 0.310 e. The van der Waals surface area contributed by atoms with Crippen molar-refractivity contribution in [2.45, 2.75) is 134 Å². The summed E-state index contributed by atoms with van der Waals surface area (Å²) < 4.78 is 76.2. The lowest BCUT2D eigenvalue weighted by Gasteiger charge is -2.41. The number of ether oxygens (including phenoxy) is 3. The number of aliphatic hydroxyl groups is 1. The molecule has 2 fully saturated rings. The number of likely N-dealkylation sites (N-methyl/N-ethyl adjacent to an activating group) is 2. The molecule has 2 aliphatic heterocycles. The van der Waals surface area contributed by atoms with Gasteiger partial charge in [-0.3, -0.25) is 43.1 Å². The van der Waals surface area contributed by atoms with Gasteiger partial charge in [-0.1, -0.05) is 26.7 Å². The van der Waals surface area contributed by atoms with Crippen molar-refractivity contribution in [2.75, 3.05) is 53.5 Å². The molecule has 6 aromatic rings. The molecule has 4 atom stereocenters. The summed E-state index contributed by atoms with van der Waals surface area (Å²) in [7, 11) is -0.0703. The molecule has 2 saturated heterocycles. The first-order chi connectivity index (χ1) is 39.0. The van der Waals surface area contributed by atoms with Crippen molar-refractivity contribution in [3.8, 4) is 34.3 Å². The zero-order chi connectivity index (χ0) is 61.5. The van der Waals surface area contributed by atoms with Gasteiger partial charge in [0.1, 0.15) is 47.0 Å². The molecular formula is C54H76N12O15S2. The van der Waals surface area contributed by atoms with E-state index in [9.17, 15) is 40.8 Å². The van der Waals surface area contributed by atoms with Gasteiger partial charge in [0.2, 0.25) is 25.8 Å². The molecule has 454 valence electrons. The lowest BCUT2D eigenvalue weighted by molar-refractivity contribution is -0.208. The number of aromatic nitrogens is 8. The number of sulfonamides is 2. The molecule has 27 nitrogen and oxygen atoms in total. The topological polar surface area (TPSA) is 348 Å². The van der Waals surface area contributed by atoms with Crippen LogP contribution in [0.1, 0.15) is 92.5 Å². The van der Waals surface area contributed by atoms with Crippen molar-refractivity contribution in [3.63, 3.8) is 0 Å². The quantitative estimate of drug-likeness (QED) is 0.0539. The van der Waals surface area contributed by atoms with Gasteiger partial charge in [-0.25, -0.2) is 26.8 Å². The van der Waals surface area contributed by atoms with E-state index in [1.807, 2.05) is 69.5 Å². The fraction of sp³-hybridized carbons (Fsp3) is 0.537. The minimum atomic E-state index is -3.76. The molecule has 0 radical (unpaired) electrons. The average Bonchev–Trinajstić information content (AvgIpc) is 4.07. The lowest BCUT2D eigenvalue weighted by Crippen LogP contribution is -2.56. The molecule has 0 unspecified atom stereocenters. The van der Waals surface area contributed by atoms with Gasteiger partial charge in [-0.15, -0.1) is 0 Å². The van der Waals surface area contributed by atoms with E-state index < -0.39 is 50.6 Å². The molecule has 5 N–H and O–H groups in total. The maximum absolute atomic E-state index is 13.6. The highest BCUT2D eigenvalue weighted by Gasteiger charge is 2.38. The third-order valence-electron chi connectivity index (χ3n) is 14.6. The summed E-state index contributed by atoms with van der Waals surface area (Å²) >= 11 is 0. The van der Waals surface area contributed by atoms with Gasteiger partial charge in [0.15, 0.2) is 11.0 Å². The van der Waals surface area contributed by atoms with Crippen LogP contribution >= 0.6 is 0 Å². The second-order valence-electron chi connectivity index (χ2n) is 20.7. The largest absolute Gasteiger partial charge is 0.493 e. The van der Waals surface area contributed by atoms with Crippen LogP contribution in [0.2, 0.25) is 0 Å². The van der Waals surface area contributed by atoms with Crippen LogP contribution < -0.4 is 20.6 Å². The number of hydrogen-bond donors (Lipinski definition) is 5. The Morgan fingerprint density at radius 3 is 1.29 bits per heavy atom. The summed E-state index contributed by atoms with van der Waals surface area (Å²) in [5.74, 6) is -3.98. The van der Waals surface area contributed by atoms with Gasteiger partial charge in [0.05, 0.1) is 45.5 Å². The number of carboxylic acids is 2. The number of carbonyl (C=O) groups excluding carboxylic acids is 1. The molecule has 8 rings (SSSR count). The van der Waals surface area contributed by atoms with Crippen LogP contribution in [0.5, 0.6) is 11.5 Å². The van der Waals surface area contributed by atoms with Gasteiger partial charge < -0.3 is 39.5 Å². The average molecular weight is 1200 g/mol. The van der Waals surface area contributed by atoms with Gasteiger partial charge in [0.25, 0.3) is 17.6 Å². The van der Waals surface area contributed by atoms with Crippen molar-refractivity contribution in [1.82, 2.24) is 57.9 Å². The van der Waals surface area contributed by atoms with E-state index in [1.165, 1.54) is 18.0 Å². The standard InChI is InChI=1S/2C24H34N6O4S.C6H8O7/c2*1-7-9-19-21-22(29(6)27-19)24(31)26-23(25-21)18-12-17(10-11-20(18)34-8-2)35(32,33)30-13-15(3)28(5)16(4)14-30;7-3-13-6(12,1-4(8)9)2-5(10)11/h2*10-12,15-16H,7-9,13-14H2,1-6H3,(H,25,26,31);3,12H,1-2H2,(H,8,9)(H,10,11)/t2*15-,16+;. The highest BCUT2D eigenvalue weighted by molar-refractivity contribution is 7.89. The molecule has 0 aliphatic carbocycles. The van der Waals surface area contributed by atoms with Crippen LogP contribution in [0.15, 0.2) is 55.8 Å². The summed E-state index contributed by atoms with van der Waals surface area (Å²) in [6, 6.07) is 9.86. The van der Waals surface area contributed by atoms with Crippen molar-refractivity contribution in [3.05, 3.63) is 68.5 Å². The Kier molecular flexibility index (Phi) is 21.2.